The Kier molecular flexibility index (Phi) is 7.64. The van der Waals surface area contributed by atoms with Gasteiger partial charge in [0.1, 0.15) is 5.75 Å². The summed E-state index contributed by atoms with van der Waals surface area (Å²) in [5.41, 5.74) is 19.7. The van der Waals surface area contributed by atoms with Crippen molar-refractivity contribution in [3.63, 3.8) is 0 Å². The second kappa shape index (κ2) is 10.6. The van der Waals surface area contributed by atoms with Crippen molar-refractivity contribution in [3.8, 4) is 5.75 Å². The third kappa shape index (κ3) is 5.23. The molecule has 1 nitrogen and oxygen atoms in total. The Bertz CT molecular complexity index is 1490. The molecule has 0 spiro atoms. The molecule has 0 unspecified atom stereocenters. The minimum Gasteiger partial charge on any atom is -0.508 e. The lowest BCUT2D eigenvalue weighted by Crippen LogP contribution is -2.07. The lowest BCUT2D eigenvalue weighted by atomic mass is 9.84. The van der Waals surface area contributed by atoms with Crippen molar-refractivity contribution in [2.45, 2.75) is 81.6 Å². The normalized spacial score (nSPS) is 11.3. The number of aryl methyl sites for hydroxylation is 3. The molecule has 4 aromatic rings. The highest BCUT2D eigenvalue weighted by molar-refractivity contribution is 5.54. The Morgan fingerprint density at radius 3 is 1.16 bits per heavy atom. The van der Waals surface area contributed by atoms with Gasteiger partial charge in [-0.1, -0.05) is 42.5 Å². The van der Waals surface area contributed by atoms with Crippen molar-refractivity contribution < 1.29 is 5.11 Å². The van der Waals surface area contributed by atoms with E-state index in [1.165, 1.54) is 77.9 Å². The van der Waals surface area contributed by atoms with Gasteiger partial charge in [0.25, 0.3) is 0 Å². The van der Waals surface area contributed by atoms with Crippen LogP contribution in [0.1, 0.15) is 83.5 Å². The molecule has 1 N–H and O–H groups in total. The van der Waals surface area contributed by atoms with Crippen LogP contribution in [0.4, 0.5) is 0 Å². The monoisotopic (exact) mass is 490 g/mol. The summed E-state index contributed by atoms with van der Waals surface area (Å²) in [4.78, 5) is 0. The maximum atomic E-state index is 11.2. The first-order chi connectivity index (χ1) is 17.5. The molecular formula is C36H42O. The van der Waals surface area contributed by atoms with Crippen LogP contribution >= 0.6 is 0 Å². The molecule has 0 bridgehead atoms. The smallest absolute Gasteiger partial charge is 0.119 e. The van der Waals surface area contributed by atoms with E-state index in [1.807, 2.05) is 6.07 Å². The largest absolute Gasteiger partial charge is 0.508 e. The molecule has 4 aromatic carbocycles. The maximum Gasteiger partial charge on any atom is 0.119 e. The van der Waals surface area contributed by atoms with Crippen LogP contribution in [-0.2, 0) is 19.3 Å². The van der Waals surface area contributed by atoms with Gasteiger partial charge in [0.15, 0.2) is 0 Å². The van der Waals surface area contributed by atoms with Gasteiger partial charge >= 0.3 is 0 Å². The number of hydrogen-bond donors (Lipinski definition) is 1. The Labute approximate surface area is 224 Å². The van der Waals surface area contributed by atoms with Crippen molar-refractivity contribution in [2.24, 2.45) is 0 Å². The van der Waals surface area contributed by atoms with Crippen molar-refractivity contribution in [1.82, 2.24) is 0 Å². The van der Waals surface area contributed by atoms with Gasteiger partial charge in [-0.3, -0.25) is 0 Å². The van der Waals surface area contributed by atoms with Gasteiger partial charge in [0, 0.05) is 12.0 Å². The standard InChI is InChI=1S/C36H42O/c1-21-10-13-30(27(7)24(21)4)18-33-16-17-36(37)35(20-32-15-12-23(3)26(6)29(32)9)34(33)19-31-14-11-22(2)25(5)28(31)8/h10-17,37H,18-20H2,1-9H3. The molecule has 1 heteroatoms. The Hall–Kier alpha value is -3.32. The summed E-state index contributed by atoms with van der Waals surface area (Å²) in [5.74, 6) is 0.398. The second-order valence-electron chi connectivity index (χ2n) is 11.1. The van der Waals surface area contributed by atoms with E-state index in [-0.39, 0.29) is 0 Å². The van der Waals surface area contributed by atoms with Crippen LogP contribution in [0.15, 0.2) is 48.5 Å². The first kappa shape index (κ1) is 26.7. The van der Waals surface area contributed by atoms with E-state index in [0.29, 0.717) is 5.75 Å². The molecule has 0 fully saturated rings. The zero-order valence-electron chi connectivity index (χ0n) is 24.2. The van der Waals surface area contributed by atoms with E-state index in [0.717, 1.165) is 24.8 Å². The van der Waals surface area contributed by atoms with Crippen LogP contribution in [-0.4, -0.2) is 5.11 Å². The third-order valence-electron chi connectivity index (χ3n) is 9.13. The second-order valence-corrected chi connectivity index (χ2v) is 11.1. The zero-order valence-corrected chi connectivity index (χ0v) is 24.2. The van der Waals surface area contributed by atoms with Crippen LogP contribution in [0, 0.1) is 62.3 Å². The van der Waals surface area contributed by atoms with Gasteiger partial charge in [-0.2, -0.15) is 0 Å². The van der Waals surface area contributed by atoms with Crippen LogP contribution in [0.5, 0.6) is 5.75 Å². The third-order valence-corrected chi connectivity index (χ3v) is 9.13. The molecular weight excluding hydrogens is 448 g/mol. The molecule has 37 heavy (non-hydrogen) atoms. The van der Waals surface area contributed by atoms with E-state index in [4.69, 9.17) is 0 Å². The molecule has 4 rings (SSSR count). The molecule has 0 atom stereocenters. The summed E-state index contributed by atoms with van der Waals surface area (Å²) in [6.07, 6.45) is 2.42. The van der Waals surface area contributed by atoms with E-state index in [2.05, 4.69) is 105 Å². The van der Waals surface area contributed by atoms with E-state index in [1.54, 1.807) is 0 Å². The molecule has 0 radical (unpaired) electrons. The molecule has 0 saturated heterocycles. The SMILES string of the molecule is Cc1ccc(Cc2ccc(O)c(Cc3ccc(C)c(C)c3C)c2Cc2ccc(C)c(C)c2C)c(C)c1C. The molecule has 0 aromatic heterocycles. The van der Waals surface area contributed by atoms with Gasteiger partial charge in [-0.15, -0.1) is 0 Å². The fraction of sp³-hybridized carbons (Fsp3) is 0.333. The highest BCUT2D eigenvalue weighted by Crippen LogP contribution is 2.34. The first-order valence-corrected chi connectivity index (χ1v) is 13.5. The van der Waals surface area contributed by atoms with E-state index < -0.39 is 0 Å². The minimum absolute atomic E-state index is 0.398. The molecule has 0 saturated carbocycles. The summed E-state index contributed by atoms with van der Waals surface area (Å²) in [5, 5.41) is 11.2. The lowest BCUT2D eigenvalue weighted by Gasteiger charge is -2.21. The Morgan fingerprint density at radius 1 is 0.378 bits per heavy atom. The maximum absolute atomic E-state index is 11.2. The number of aromatic hydroxyl groups is 1. The minimum atomic E-state index is 0.398. The highest BCUT2D eigenvalue weighted by Gasteiger charge is 2.18. The summed E-state index contributed by atoms with van der Waals surface area (Å²) in [7, 11) is 0. The summed E-state index contributed by atoms with van der Waals surface area (Å²) < 4.78 is 0. The van der Waals surface area contributed by atoms with Crippen molar-refractivity contribution in [1.29, 1.82) is 0 Å². The predicted molar refractivity (Wildman–Crippen MR) is 158 cm³/mol. The highest BCUT2D eigenvalue weighted by atomic mass is 16.3. The summed E-state index contributed by atoms with van der Waals surface area (Å²) in [6, 6.07) is 17.5. The zero-order chi connectivity index (χ0) is 27.0. The number of phenols is 1. The quantitative estimate of drug-likeness (QED) is 0.286. The average molecular weight is 491 g/mol. The molecule has 0 aliphatic carbocycles. The number of rotatable bonds is 6. The fourth-order valence-corrected chi connectivity index (χ4v) is 5.51. The molecule has 0 aliphatic rings. The number of phenolic OH excluding ortho intramolecular Hbond substituents is 1. The summed E-state index contributed by atoms with van der Waals surface area (Å²) in [6.45, 7) is 19.9. The summed E-state index contributed by atoms with van der Waals surface area (Å²) >= 11 is 0. The molecule has 0 amide bonds. The topological polar surface area (TPSA) is 20.2 Å². The Balaban J connectivity index is 1.89. The predicted octanol–water partition coefficient (Wildman–Crippen LogP) is 8.94. The first-order valence-electron chi connectivity index (χ1n) is 13.5. The van der Waals surface area contributed by atoms with Crippen molar-refractivity contribution in [2.75, 3.05) is 0 Å². The molecule has 0 heterocycles. The van der Waals surface area contributed by atoms with Crippen LogP contribution in [0.3, 0.4) is 0 Å². The van der Waals surface area contributed by atoms with Gasteiger partial charge in [0.2, 0.25) is 0 Å². The van der Waals surface area contributed by atoms with Gasteiger partial charge < -0.3 is 5.11 Å². The fourth-order valence-electron chi connectivity index (χ4n) is 5.51. The van der Waals surface area contributed by atoms with Gasteiger partial charge in [-0.05, 0) is 159 Å². The molecule has 192 valence electrons. The van der Waals surface area contributed by atoms with Gasteiger partial charge in [-0.25, -0.2) is 0 Å². The van der Waals surface area contributed by atoms with E-state index >= 15 is 0 Å². The Morgan fingerprint density at radius 2 is 0.730 bits per heavy atom. The van der Waals surface area contributed by atoms with E-state index in [9.17, 15) is 5.11 Å². The molecule has 0 aliphatic heterocycles. The van der Waals surface area contributed by atoms with Crippen molar-refractivity contribution in [3.05, 3.63) is 132 Å². The van der Waals surface area contributed by atoms with Crippen LogP contribution in [0.2, 0.25) is 0 Å². The van der Waals surface area contributed by atoms with Crippen molar-refractivity contribution >= 4 is 0 Å². The number of hydrogen-bond acceptors (Lipinski definition) is 1. The number of benzene rings is 4. The average Bonchev–Trinajstić information content (AvgIpc) is 2.87. The van der Waals surface area contributed by atoms with Crippen LogP contribution < -0.4 is 0 Å². The van der Waals surface area contributed by atoms with Gasteiger partial charge in [0.05, 0.1) is 0 Å². The lowest BCUT2D eigenvalue weighted by molar-refractivity contribution is 0.468. The van der Waals surface area contributed by atoms with Crippen LogP contribution in [0.25, 0.3) is 0 Å².